The van der Waals surface area contributed by atoms with Gasteiger partial charge in [-0.15, -0.1) is 0 Å². The van der Waals surface area contributed by atoms with Crippen molar-refractivity contribution >= 4 is 11.5 Å². The Hall–Kier alpha value is -1.95. The summed E-state index contributed by atoms with van der Waals surface area (Å²) >= 11 is 0. The van der Waals surface area contributed by atoms with Crippen LogP contribution in [0.25, 0.3) is 0 Å². The number of ketones is 1. The minimum atomic E-state index is -0.557. The number of nitrogens with zero attached hydrogens (tertiary/aromatic N) is 1. The molecule has 0 atom stereocenters. The van der Waals surface area contributed by atoms with E-state index in [9.17, 15) is 14.9 Å². The molecule has 1 saturated heterocycles. The maximum Gasteiger partial charge on any atom is 0.283 e. The van der Waals surface area contributed by atoms with E-state index in [0.717, 1.165) is 26.1 Å². The van der Waals surface area contributed by atoms with E-state index in [1.54, 1.807) is 6.07 Å². The van der Waals surface area contributed by atoms with Crippen molar-refractivity contribution < 1.29 is 19.2 Å². The molecule has 0 saturated carbocycles. The zero-order valence-electron chi connectivity index (χ0n) is 11.3. The summed E-state index contributed by atoms with van der Waals surface area (Å²) < 4.78 is 10.9. The van der Waals surface area contributed by atoms with Crippen molar-refractivity contribution in [3.8, 4) is 5.75 Å². The molecule has 0 radical (unpaired) electrons. The molecule has 1 heterocycles. The average Bonchev–Trinajstić information content (AvgIpc) is 2.45. The Morgan fingerprint density at radius 3 is 2.75 bits per heavy atom. The van der Waals surface area contributed by atoms with Gasteiger partial charge in [-0.05, 0) is 37.8 Å². The van der Waals surface area contributed by atoms with E-state index in [-0.39, 0.29) is 17.0 Å². The Morgan fingerprint density at radius 1 is 1.45 bits per heavy atom. The smallest absolute Gasteiger partial charge is 0.283 e. The minimum Gasteiger partial charge on any atom is -0.493 e. The SMILES string of the molecule is CC(=O)c1ccc(OCC2CCOCC2)cc1[N+](=O)[O-]. The van der Waals surface area contributed by atoms with Crippen molar-refractivity contribution in [1.82, 2.24) is 0 Å². The molecule has 1 fully saturated rings. The molecular weight excluding hydrogens is 262 g/mol. The summed E-state index contributed by atoms with van der Waals surface area (Å²) in [6.07, 6.45) is 1.88. The highest BCUT2D eigenvalue weighted by atomic mass is 16.6. The molecular formula is C14H17NO5. The monoisotopic (exact) mass is 279 g/mol. The number of rotatable bonds is 5. The van der Waals surface area contributed by atoms with Crippen LogP contribution in [0.5, 0.6) is 5.75 Å². The molecule has 108 valence electrons. The molecule has 0 amide bonds. The number of Topliss-reactive ketones (excluding diaryl/α,β-unsaturated/α-hetero) is 1. The second-order valence-electron chi connectivity index (χ2n) is 4.86. The molecule has 0 N–H and O–H groups in total. The van der Waals surface area contributed by atoms with Gasteiger partial charge in [-0.3, -0.25) is 14.9 Å². The second kappa shape index (κ2) is 6.47. The number of nitro groups is 1. The molecule has 1 aromatic rings. The second-order valence-corrected chi connectivity index (χ2v) is 4.86. The van der Waals surface area contributed by atoms with Gasteiger partial charge in [0.05, 0.1) is 23.2 Å². The summed E-state index contributed by atoms with van der Waals surface area (Å²) in [5.74, 6) is 0.510. The van der Waals surface area contributed by atoms with Gasteiger partial charge < -0.3 is 9.47 Å². The standard InChI is InChI=1S/C14H17NO5/c1-10(16)13-3-2-12(8-14(13)15(17)18)20-9-11-4-6-19-7-5-11/h2-3,8,11H,4-7,9H2,1H3. The molecule has 2 rings (SSSR count). The number of nitro benzene ring substituents is 1. The first-order valence-corrected chi connectivity index (χ1v) is 6.58. The van der Waals surface area contributed by atoms with Crippen LogP contribution in [0, 0.1) is 16.0 Å². The summed E-state index contributed by atoms with van der Waals surface area (Å²) in [6, 6.07) is 4.36. The van der Waals surface area contributed by atoms with Crippen molar-refractivity contribution in [2.24, 2.45) is 5.92 Å². The molecule has 6 heteroatoms. The van der Waals surface area contributed by atoms with Gasteiger partial charge in [-0.1, -0.05) is 0 Å². The molecule has 0 spiro atoms. The first kappa shape index (κ1) is 14.5. The zero-order chi connectivity index (χ0) is 14.5. The Kier molecular flexibility index (Phi) is 4.68. The summed E-state index contributed by atoms with van der Waals surface area (Å²) in [5.41, 5.74) is -0.101. The molecule has 0 unspecified atom stereocenters. The first-order chi connectivity index (χ1) is 9.58. The summed E-state index contributed by atoms with van der Waals surface area (Å²) in [4.78, 5) is 21.7. The van der Waals surface area contributed by atoms with Crippen LogP contribution in [0.3, 0.4) is 0 Å². The Bertz CT molecular complexity index is 508. The normalized spacial score (nSPS) is 15.8. The zero-order valence-corrected chi connectivity index (χ0v) is 11.3. The van der Waals surface area contributed by atoms with Crippen LogP contribution in [-0.4, -0.2) is 30.5 Å². The predicted octanol–water partition coefficient (Wildman–Crippen LogP) is 2.60. The maximum atomic E-state index is 11.3. The van der Waals surface area contributed by atoms with Gasteiger partial charge in [0.25, 0.3) is 5.69 Å². The number of hydrogen-bond donors (Lipinski definition) is 0. The van der Waals surface area contributed by atoms with E-state index in [0.29, 0.717) is 18.3 Å². The minimum absolute atomic E-state index is 0.105. The van der Waals surface area contributed by atoms with Crippen LogP contribution in [0.1, 0.15) is 30.1 Å². The highest BCUT2D eigenvalue weighted by Gasteiger charge is 2.19. The van der Waals surface area contributed by atoms with E-state index in [1.807, 2.05) is 0 Å². The summed E-state index contributed by atoms with van der Waals surface area (Å²) in [6.45, 7) is 3.29. The molecule has 20 heavy (non-hydrogen) atoms. The third kappa shape index (κ3) is 3.54. The highest BCUT2D eigenvalue weighted by molar-refractivity contribution is 5.98. The molecule has 6 nitrogen and oxygen atoms in total. The average molecular weight is 279 g/mol. The fraction of sp³-hybridized carbons (Fsp3) is 0.500. The highest BCUT2D eigenvalue weighted by Crippen LogP contribution is 2.26. The van der Waals surface area contributed by atoms with Gasteiger partial charge in [0.1, 0.15) is 5.75 Å². The van der Waals surface area contributed by atoms with Crippen LogP contribution < -0.4 is 4.74 Å². The molecule has 1 aliphatic rings. The maximum absolute atomic E-state index is 11.3. The quantitative estimate of drug-likeness (QED) is 0.470. The molecule has 1 aliphatic heterocycles. The fourth-order valence-corrected chi connectivity index (χ4v) is 2.18. The lowest BCUT2D eigenvalue weighted by Crippen LogP contribution is -2.21. The van der Waals surface area contributed by atoms with Gasteiger partial charge in [-0.25, -0.2) is 0 Å². The third-order valence-corrected chi connectivity index (χ3v) is 3.37. The summed E-state index contributed by atoms with van der Waals surface area (Å²) in [7, 11) is 0. The fourth-order valence-electron chi connectivity index (χ4n) is 2.18. The predicted molar refractivity (Wildman–Crippen MR) is 72.1 cm³/mol. The van der Waals surface area contributed by atoms with Gasteiger partial charge in [0, 0.05) is 13.2 Å². The Balaban J connectivity index is 2.06. The van der Waals surface area contributed by atoms with Crippen molar-refractivity contribution in [1.29, 1.82) is 0 Å². The Morgan fingerprint density at radius 2 is 2.15 bits per heavy atom. The van der Waals surface area contributed by atoms with E-state index in [1.165, 1.54) is 19.1 Å². The van der Waals surface area contributed by atoms with Crippen LogP contribution in [0.4, 0.5) is 5.69 Å². The van der Waals surface area contributed by atoms with Crippen molar-refractivity contribution in [2.45, 2.75) is 19.8 Å². The third-order valence-electron chi connectivity index (χ3n) is 3.37. The molecule has 0 aromatic heterocycles. The number of carbonyl (C=O) groups excluding carboxylic acids is 1. The van der Waals surface area contributed by atoms with Crippen molar-refractivity contribution in [3.63, 3.8) is 0 Å². The lowest BCUT2D eigenvalue weighted by Gasteiger charge is -2.22. The number of carbonyl (C=O) groups is 1. The van der Waals surface area contributed by atoms with Crippen LogP contribution >= 0.6 is 0 Å². The van der Waals surface area contributed by atoms with E-state index < -0.39 is 4.92 Å². The van der Waals surface area contributed by atoms with Gasteiger partial charge in [-0.2, -0.15) is 0 Å². The molecule has 0 aliphatic carbocycles. The van der Waals surface area contributed by atoms with Crippen LogP contribution in [-0.2, 0) is 4.74 Å². The lowest BCUT2D eigenvalue weighted by molar-refractivity contribution is -0.385. The molecule has 0 bridgehead atoms. The van der Waals surface area contributed by atoms with E-state index >= 15 is 0 Å². The van der Waals surface area contributed by atoms with E-state index in [2.05, 4.69) is 0 Å². The number of hydrogen-bond acceptors (Lipinski definition) is 5. The topological polar surface area (TPSA) is 78.7 Å². The van der Waals surface area contributed by atoms with Crippen molar-refractivity contribution in [2.75, 3.05) is 19.8 Å². The molecule has 1 aromatic carbocycles. The van der Waals surface area contributed by atoms with Gasteiger partial charge in [0.2, 0.25) is 0 Å². The first-order valence-electron chi connectivity index (χ1n) is 6.58. The van der Waals surface area contributed by atoms with Crippen LogP contribution in [0.15, 0.2) is 18.2 Å². The largest absolute Gasteiger partial charge is 0.493 e. The lowest BCUT2D eigenvalue weighted by atomic mass is 10.0. The van der Waals surface area contributed by atoms with Crippen LogP contribution in [0.2, 0.25) is 0 Å². The van der Waals surface area contributed by atoms with E-state index in [4.69, 9.17) is 9.47 Å². The van der Waals surface area contributed by atoms with Gasteiger partial charge in [0.15, 0.2) is 5.78 Å². The van der Waals surface area contributed by atoms with Crippen molar-refractivity contribution in [3.05, 3.63) is 33.9 Å². The van der Waals surface area contributed by atoms with Gasteiger partial charge >= 0.3 is 0 Å². The Labute approximate surface area is 116 Å². The summed E-state index contributed by atoms with van der Waals surface area (Å²) in [5, 5.41) is 11.0. The number of benzene rings is 1. The number of ether oxygens (including phenoxy) is 2.